The van der Waals surface area contributed by atoms with Gasteiger partial charge in [0.05, 0.1) is 16.6 Å². The van der Waals surface area contributed by atoms with Gasteiger partial charge >= 0.3 is 0 Å². The minimum Gasteiger partial charge on any atom is -0.383 e. The van der Waals surface area contributed by atoms with Gasteiger partial charge in [-0.2, -0.15) is 0 Å². The van der Waals surface area contributed by atoms with Crippen LogP contribution in [-0.2, 0) is 4.74 Å². The number of halogens is 3. The van der Waals surface area contributed by atoms with E-state index in [1.54, 1.807) is 0 Å². The van der Waals surface area contributed by atoms with Gasteiger partial charge in [-0.3, -0.25) is 4.79 Å². The molecule has 1 amide bonds. The molecule has 1 rings (SSSR count). The molecule has 0 saturated heterocycles. The van der Waals surface area contributed by atoms with Crippen molar-refractivity contribution in [3.8, 4) is 0 Å². The summed E-state index contributed by atoms with van der Waals surface area (Å²) in [6, 6.07) is 1.86. The van der Waals surface area contributed by atoms with Crippen molar-refractivity contribution in [3.05, 3.63) is 33.8 Å². The Morgan fingerprint density at radius 1 is 1.44 bits per heavy atom. The number of nitrogens with one attached hydrogen (secondary N) is 1. The number of carbonyl (C=O) groups excluding carboxylic acids is 1. The molecule has 0 unspecified atom stereocenters. The zero-order valence-corrected chi connectivity index (χ0v) is 10.1. The molecule has 0 radical (unpaired) electrons. The van der Waals surface area contributed by atoms with Gasteiger partial charge in [0.2, 0.25) is 0 Å². The van der Waals surface area contributed by atoms with Gasteiger partial charge in [-0.25, -0.2) is 8.78 Å². The second-order valence-corrected chi connectivity index (χ2v) is 3.76. The van der Waals surface area contributed by atoms with E-state index in [0.29, 0.717) is 6.61 Å². The molecule has 0 aliphatic rings. The first-order chi connectivity index (χ1) is 7.57. The van der Waals surface area contributed by atoms with E-state index in [1.807, 2.05) is 0 Å². The van der Waals surface area contributed by atoms with E-state index >= 15 is 0 Å². The quantitative estimate of drug-likeness (QED) is 0.682. The van der Waals surface area contributed by atoms with Crippen molar-refractivity contribution < 1.29 is 18.3 Å². The van der Waals surface area contributed by atoms with Gasteiger partial charge in [-0.05, 0) is 28.1 Å². The van der Waals surface area contributed by atoms with Gasteiger partial charge in [0.25, 0.3) is 5.91 Å². The maximum atomic E-state index is 13.3. The summed E-state index contributed by atoms with van der Waals surface area (Å²) in [6.07, 6.45) is 0. The number of amides is 1. The monoisotopic (exact) mass is 293 g/mol. The van der Waals surface area contributed by atoms with Gasteiger partial charge in [0.1, 0.15) is 11.6 Å². The number of hydrogen-bond donors (Lipinski definition) is 1. The fourth-order valence-electron chi connectivity index (χ4n) is 1.09. The SMILES string of the molecule is COCCNC(=O)c1c(F)ccc(F)c1Br. The summed E-state index contributed by atoms with van der Waals surface area (Å²) in [5.74, 6) is -2.14. The predicted molar refractivity (Wildman–Crippen MR) is 58.3 cm³/mol. The molecule has 1 N–H and O–H groups in total. The van der Waals surface area contributed by atoms with Crippen LogP contribution in [0.3, 0.4) is 0 Å². The molecule has 0 aromatic heterocycles. The van der Waals surface area contributed by atoms with E-state index in [-0.39, 0.29) is 16.6 Å². The smallest absolute Gasteiger partial charge is 0.255 e. The van der Waals surface area contributed by atoms with Gasteiger partial charge in [0, 0.05) is 13.7 Å². The van der Waals surface area contributed by atoms with E-state index in [0.717, 1.165) is 12.1 Å². The maximum absolute atomic E-state index is 13.3. The Kier molecular flexibility index (Phi) is 4.82. The summed E-state index contributed by atoms with van der Waals surface area (Å²) in [6.45, 7) is 0.540. The van der Waals surface area contributed by atoms with Crippen LogP contribution in [0.15, 0.2) is 16.6 Å². The average Bonchev–Trinajstić information content (AvgIpc) is 2.24. The molecular weight excluding hydrogens is 284 g/mol. The van der Waals surface area contributed by atoms with Crippen LogP contribution in [0.1, 0.15) is 10.4 Å². The summed E-state index contributed by atoms with van der Waals surface area (Å²) < 4.78 is 30.9. The lowest BCUT2D eigenvalue weighted by atomic mass is 10.2. The first-order valence-electron chi connectivity index (χ1n) is 4.48. The Hall–Kier alpha value is -1.01. The van der Waals surface area contributed by atoms with E-state index in [1.165, 1.54) is 7.11 Å². The molecule has 0 atom stereocenters. The van der Waals surface area contributed by atoms with Crippen LogP contribution in [0.2, 0.25) is 0 Å². The molecule has 6 heteroatoms. The summed E-state index contributed by atoms with van der Waals surface area (Å²) in [7, 11) is 1.48. The standard InChI is InChI=1S/C10H10BrF2NO2/c1-16-5-4-14-10(15)8-6(12)2-3-7(13)9(8)11/h2-3H,4-5H2,1H3,(H,14,15). The van der Waals surface area contributed by atoms with Crippen LogP contribution in [-0.4, -0.2) is 26.2 Å². The molecule has 3 nitrogen and oxygen atoms in total. The molecule has 0 heterocycles. The Labute approximate surface area is 99.9 Å². The molecule has 0 aliphatic heterocycles. The van der Waals surface area contributed by atoms with E-state index in [9.17, 15) is 13.6 Å². The van der Waals surface area contributed by atoms with Crippen molar-refractivity contribution in [2.45, 2.75) is 0 Å². The minimum atomic E-state index is -0.775. The lowest BCUT2D eigenvalue weighted by molar-refractivity contribution is 0.0931. The summed E-state index contributed by atoms with van der Waals surface area (Å²) >= 11 is 2.83. The second kappa shape index (κ2) is 5.91. The normalized spacial score (nSPS) is 10.2. The maximum Gasteiger partial charge on any atom is 0.255 e. The zero-order chi connectivity index (χ0) is 12.1. The number of benzene rings is 1. The summed E-state index contributed by atoms with van der Waals surface area (Å²) in [4.78, 5) is 11.5. The van der Waals surface area contributed by atoms with Crippen LogP contribution >= 0.6 is 15.9 Å². The largest absolute Gasteiger partial charge is 0.383 e. The van der Waals surface area contributed by atoms with E-state index < -0.39 is 17.5 Å². The Balaban J connectivity index is 2.86. The van der Waals surface area contributed by atoms with Crippen molar-refractivity contribution in [1.29, 1.82) is 0 Å². The highest BCUT2D eigenvalue weighted by Crippen LogP contribution is 2.23. The van der Waals surface area contributed by atoms with Crippen LogP contribution in [0.25, 0.3) is 0 Å². The van der Waals surface area contributed by atoms with Crippen molar-refractivity contribution in [2.75, 3.05) is 20.3 Å². The molecule has 0 aliphatic carbocycles. The number of methoxy groups -OCH3 is 1. The van der Waals surface area contributed by atoms with E-state index in [4.69, 9.17) is 4.74 Å². The first-order valence-corrected chi connectivity index (χ1v) is 5.28. The number of rotatable bonds is 4. The van der Waals surface area contributed by atoms with Crippen molar-refractivity contribution >= 4 is 21.8 Å². The highest BCUT2D eigenvalue weighted by molar-refractivity contribution is 9.10. The van der Waals surface area contributed by atoms with Crippen LogP contribution in [0, 0.1) is 11.6 Å². The lowest BCUT2D eigenvalue weighted by Crippen LogP contribution is -2.28. The highest BCUT2D eigenvalue weighted by Gasteiger charge is 2.18. The fraction of sp³-hybridized carbons (Fsp3) is 0.300. The molecule has 0 spiro atoms. The molecule has 88 valence electrons. The summed E-state index contributed by atoms with van der Waals surface area (Å²) in [5, 5.41) is 2.41. The first kappa shape index (κ1) is 13.1. The van der Waals surface area contributed by atoms with Crippen LogP contribution < -0.4 is 5.32 Å². The molecule has 16 heavy (non-hydrogen) atoms. The number of carbonyl (C=O) groups is 1. The third kappa shape index (κ3) is 2.99. The topological polar surface area (TPSA) is 38.3 Å². The minimum absolute atomic E-state index is 0.178. The fourth-order valence-corrected chi connectivity index (χ4v) is 1.59. The number of hydrogen-bond acceptors (Lipinski definition) is 2. The summed E-state index contributed by atoms with van der Waals surface area (Å²) in [5.41, 5.74) is -0.337. The molecule has 0 bridgehead atoms. The van der Waals surface area contributed by atoms with Gasteiger partial charge in [-0.1, -0.05) is 0 Å². The van der Waals surface area contributed by atoms with Crippen molar-refractivity contribution in [1.82, 2.24) is 5.32 Å². The molecule has 1 aromatic rings. The van der Waals surface area contributed by atoms with Crippen LogP contribution in [0.4, 0.5) is 8.78 Å². The van der Waals surface area contributed by atoms with Gasteiger partial charge in [0.15, 0.2) is 0 Å². The van der Waals surface area contributed by atoms with E-state index in [2.05, 4.69) is 21.2 Å². The van der Waals surface area contributed by atoms with Crippen molar-refractivity contribution in [2.24, 2.45) is 0 Å². The molecule has 0 fully saturated rings. The Bertz CT molecular complexity index is 399. The molecular formula is C10H10BrF2NO2. The predicted octanol–water partition coefficient (Wildman–Crippen LogP) is 2.10. The lowest BCUT2D eigenvalue weighted by Gasteiger charge is -2.07. The van der Waals surface area contributed by atoms with Crippen molar-refractivity contribution in [3.63, 3.8) is 0 Å². The molecule has 0 saturated carbocycles. The highest BCUT2D eigenvalue weighted by atomic mass is 79.9. The van der Waals surface area contributed by atoms with Gasteiger partial charge < -0.3 is 10.1 Å². The second-order valence-electron chi connectivity index (χ2n) is 2.97. The average molecular weight is 294 g/mol. The Morgan fingerprint density at radius 2 is 2.06 bits per heavy atom. The number of ether oxygens (including phenoxy) is 1. The van der Waals surface area contributed by atoms with Gasteiger partial charge in [-0.15, -0.1) is 0 Å². The zero-order valence-electron chi connectivity index (χ0n) is 8.52. The Morgan fingerprint density at radius 3 is 2.69 bits per heavy atom. The van der Waals surface area contributed by atoms with Crippen LogP contribution in [0.5, 0.6) is 0 Å². The third-order valence-corrected chi connectivity index (χ3v) is 2.64. The molecule has 1 aromatic carbocycles. The third-order valence-electron chi connectivity index (χ3n) is 1.86.